The predicted octanol–water partition coefficient (Wildman–Crippen LogP) is 3.67. The van der Waals surface area contributed by atoms with E-state index >= 15 is 0 Å². The van der Waals surface area contributed by atoms with Gasteiger partial charge < -0.3 is 10.1 Å². The van der Waals surface area contributed by atoms with E-state index in [9.17, 15) is 14.4 Å². The van der Waals surface area contributed by atoms with Gasteiger partial charge in [-0.05, 0) is 67.9 Å². The molecule has 2 saturated carbocycles. The van der Waals surface area contributed by atoms with Crippen molar-refractivity contribution in [3.05, 3.63) is 60.2 Å². The Balaban J connectivity index is 1.41. The molecule has 5 atom stereocenters. The Morgan fingerprint density at radius 2 is 1.62 bits per heavy atom. The molecular formula is C26H28N2O4. The zero-order valence-corrected chi connectivity index (χ0v) is 18.2. The zero-order valence-electron chi connectivity index (χ0n) is 18.2. The third-order valence-corrected chi connectivity index (χ3v) is 7.28. The SMILES string of the molecule is CCOc1ccc(NC(=O)[C@@H](Cc2ccccc2)N2C(=O)[C@@H]3[C@@H]4CC[C@@H](C4)[C@@H]3C2=O)cc1. The monoisotopic (exact) mass is 432 g/mol. The molecule has 1 saturated heterocycles. The van der Waals surface area contributed by atoms with Crippen molar-refractivity contribution in [1.82, 2.24) is 4.90 Å². The molecule has 0 unspecified atom stereocenters. The number of hydrogen-bond donors (Lipinski definition) is 1. The molecule has 2 bridgehead atoms. The second-order valence-corrected chi connectivity index (χ2v) is 9.08. The normalized spacial score (nSPS) is 26.8. The Morgan fingerprint density at radius 3 is 2.22 bits per heavy atom. The molecule has 1 N–H and O–H groups in total. The van der Waals surface area contributed by atoms with Crippen LogP contribution in [0.1, 0.15) is 31.7 Å². The van der Waals surface area contributed by atoms with E-state index in [0.717, 1.165) is 30.6 Å². The van der Waals surface area contributed by atoms with Gasteiger partial charge in [0.15, 0.2) is 0 Å². The fourth-order valence-corrected chi connectivity index (χ4v) is 5.90. The van der Waals surface area contributed by atoms with Crippen molar-refractivity contribution in [3.63, 3.8) is 0 Å². The Labute approximate surface area is 187 Å². The average molecular weight is 433 g/mol. The maximum atomic E-state index is 13.4. The third-order valence-electron chi connectivity index (χ3n) is 7.28. The van der Waals surface area contributed by atoms with E-state index in [4.69, 9.17) is 4.74 Å². The number of rotatable bonds is 7. The van der Waals surface area contributed by atoms with Crippen LogP contribution in [0, 0.1) is 23.7 Å². The summed E-state index contributed by atoms with van der Waals surface area (Å²) in [6.45, 7) is 2.48. The Morgan fingerprint density at radius 1 is 1.00 bits per heavy atom. The van der Waals surface area contributed by atoms with Crippen LogP contribution in [0.2, 0.25) is 0 Å². The molecule has 1 heterocycles. The van der Waals surface area contributed by atoms with Crippen molar-refractivity contribution in [1.29, 1.82) is 0 Å². The van der Waals surface area contributed by atoms with Crippen LogP contribution < -0.4 is 10.1 Å². The van der Waals surface area contributed by atoms with Gasteiger partial charge in [0.05, 0.1) is 18.4 Å². The summed E-state index contributed by atoms with van der Waals surface area (Å²) < 4.78 is 5.46. The fourth-order valence-electron chi connectivity index (χ4n) is 5.90. The highest BCUT2D eigenvalue weighted by Gasteiger charge is 2.62. The Hall–Kier alpha value is -3.15. The molecule has 3 aliphatic rings. The number of carbonyl (C=O) groups excluding carboxylic acids is 3. The van der Waals surface area contributed by atoms with Crippen LogP contribution in [0.3, 0.4) is 0 Å². The van der Waals surface area contributed by atoms with Crippen molar-refractivity contribution in [2.75, 3.05) is 11.9 Å². The Bertz CT molecular complexity index is 992. The van der Waals surface area contributed by atoms with E-state index < -0.39 is 6.04 Å². The van der Waals surface area contributed by atoms with Crippen molar-refractivity contribution in [2.24, 2.45) is 23.7 Å². The number of hydrogen-bond acceptors (Lipinski definition) is 4. The number of carbonyl (C=O) groups is 3. The lowest BCUT2D eigenvalue weighted by Gasteiger charge is -2.27. The number of anilines is 1. The minimum absolute atomic E-state index is 0.157. The molecule has 5 rings (SSSR count). The maximum Gasteiger partial charge on any atom is 0.248 e. The van der Waals surface area contributed by atoms with E-state index in [-0.39, 0.29) is 41.4 Å². The van der Waals surface area contributed by atoms with Gasteiger partial charge in [-0.3, -0.25) is 19.3 Å². The fraction of sp³-hybridized carbons (Fsp3) is 0.423. The van der Waals surface area contributed by atoms with Gasteiger partial charge in [-0.1, -0.05) is 30.3 Å². The van der Waals surface area contributed by atoms with E-state index in [0.29, 0.717) is 18.7 Å². The van der Waals surface area contributed by atoms with Crippen molar-refractivity contribution in [2.45, 2.75) is 38.6 Å². The van der Waals surface area contributed by atoms with Crippen LogP contribution in [-0.2, 0) is 20.8 Å². The predicted molar refractivity (Wildman–Crippen MR) is 120 cm³/mol. The smallest absolute Gasteiger partial charge is 0.248 e. The molecule has 2 aromatic carbocycles. The molecule has 6 heteroatoms. The molecule has 6 nitrogen and oxygen atoms in total. The van der Waals surface area contributed by atoms with Crippen LogP contribution in [-0.4, -0.2) is 35.3 Å². The van der Waals surface area contributed by atoms with Crippen molar-refractivity contribution >= 4 is 23.4 Å². The number of fused-ring (bicyclic) bond motifs is 5. The van der Waals surface area contributed by atoms with Crippen LogP contribution >= 0.6 is 0 Å². The highest BCUT2D eigenvalue weighted by Crippen LogP contribution is 2.56. The summed E-state index contributed by atoms with van der Waals surface area (Å²) in [7, 11) is 0. The topological polar surface area (TPSA) is 75.7 Å². The van der Waals surface area contributed by atoms with E-state index in [1.807, 2.05) is 37.3 Å². The highest BCUT2D eigenvalue weighted by atomic mass is 16.5. The third kappa shape index (κ3) is 3.57. The number of likely N-dealkylation sites (tertiary alicyclic amines) is 1. The van der Waals surface area contributed by atoms with Gasteiger partial charge in [-0.25, -0.2) is 0 Å². The van der Waals surface area contributed by atoms with Crippen LogP contribution in [0.15, 0.2) is 54.6 Å². The van der Waals surface area contributed by atoms with Crippen LogP contribution in [0.4, 0.5) is 5.69 Å². The van der Waals surface area contributed by atoms with Gasteiger partial charge in [0, 0.05) is 12.1 Å². The van der Waals surface area contributed by atoms with Gasteiger partial charge in [-0.15, -0.1) is 0 Å². The van der Waals surface area contributed by atoms with E-state index in [2.05, 4.69) is 5.32 Å². The zero-order chi connectivity index (χ0) is 22.2. The first kappa shape index (κ1) is 20.7. The number of nitrogens with zero attached hydrogens (tertiary/aromatic N) is 1. The standard InChI is InChI=1S/C26H28N2O4/c1-2-32-20-12-10-19(11-13-20)27-24(29)21(14-16-6-4-3-5-7-16)28-25(30)22-17-8-9-18(15-17)23(22)26(28)31/h3-7,10-13,17-18,21-23H,2,8-9,14-15H2,1H3,(H,27,29)/t17-,18+,21-,22-,23+/m1/s1. The number of nitrogens with one attached hydrogen (secondary N) is 1. The van der Waals surface area contributed by atoms with Crippen molar-refractivity contribution < 1.29 is 19.1 Å². The van der Waals surface area contributed by atoms with E-state index in [1.165, 1.54) is 4.90 Å². The molecule has 3 fully saturated rings. The summed E-state index contributed by atoms with van der Waals surface area (Å²) in [4.78, 5) is 41.5. The number of benzene rings is 2. The molecule has 2 aromatic rings. The average Bonchev–Trinajstić information content (AvgIpc) is 3.48. The van der Waals surface area contributed by atoms with Gasteiger partial charge in [-0.2, -0.15) is 0 Å². The molecular weight excluding hydrogens is 404 g/mol. The minimum Gasteiger partial charge on any atom is -0.494 e. The second-order valence-electron chi connectivity index (χ2n) is 9.08. The first-order valence-corrected chi connectivity index (χ1v) is 11.5. The van der Waals surface area contributed by atoms with Gasteiger partial charge >= 0.3 is 0 Å². The van der Waals surface area contributed by atoms with Crippen molar-refractivity contribution in [3.8, 4) is 5.75 Å². The molecule has 3 amide bonds. The summed E-state index contributed by atoms with van der Waals surface area (Å²) in [6.07, 6.45) is 3.30. The quantitative estimate of drug-likeness (QED) is 0.678. The maximum absolute atomic E-state index is 13.4. The highest BCUT2D eigenvalue weighted by molar-refractivity contribution is 6.10. The summed E-state index contributed by atoms with van der Waals surface area (Å²) >= 11 is 0. The second kappa shape index (κ2) is 8.41. The van der Waals surface area contributed by atoms with Gasteiger partial charge in [0.25, 0.3) is 0 Å². The summed E-state index contributed by atoms with van der Waals surface area (Å²) in [5.74, 6) is 0.170. The molecule has 1 aliphatic heterocycles. The first-order chi connectivity index (χ1) is 15.6. The molecule has 2 aliphatic carbocycles. The van der Waals surface area contributed by atoms with Crippen LogP contribution in [0.5, 0.6) is 5.75 Å². The molecule has 0 spiro atoms. The number of ether oxygens (including phenoxy) is 1. The number of amides is 3. The Kier molecular flexibility index (Phi) is 5.45. The first-order valence-electron chi connectivity index (χ1n) is 11.5. The van der Waals surface area contributed by atoms with E-state index in [1.54, 1.807) is 24.3 Å². The lowest BCUT2D eigenvalue weighted by Crippen LogP contribution is -2.49. The molecule has 166 valence electrons. The summed E-state index contributed by atoms with van der Waals surface area (Å²) in [5, 5.41) is 2.91. The number of imide groups is 1. The van der Waals surface area contributed by atoms with Crippen LogP contribution in [0.25, 0.3) is 0 Å². The summed E-state index contributed by atoms with van der Waals surface area (Å²) in [5.41, 5.74) is 1.52. The lowest BCUT2D eigenvalue weighted by atomic mass is 9.81. The molecule has 0 aromatic heterocycles. The molecule has 0 radical (unpaired) electrons. The van der Waals surface area contributed by atoms with Gasteiger partial charge in [0.2, 0.25) is 17.7 Å². The lowest BCUT2D eigenvalue weighted by molar-refractivity contribution is -0.147. The minimum atomic E-state index is -0.867. The molecule has 32 heavy (non-hydrogen) atoms. The summed E-state index contributed by atoms with van der Waals surface area (Å²) in [6, 6.07) is 15.8. The van der Waals surface area contributed by atoms with Gasteiger partial charge in [0.1, 0.15) is 11.8 Å². The largest absolute Gasteiger partial charge is 0.494 e.